The second-order valence-corrected chi connectivity index (χ2v) is 7.06. The van der Waals surface area contributed by atoms with E-state index in [0.717, 1.165) is 20.9 Å². The lowest BCUT2D eigenvalue weighted by Crippen LogP contribution is -2.05. The molecular formula is C18H22O4S2. The Kier molecular flexibility index (Phi) is 8.11. The Bertz CT molecular complexity index is 572. The van der Waals surface area contributed by atoms with Crippen LogP contribution in [0.15, 0.2) is 58.3 Å². The minimum atomic E-state index is -0.379. The zero-order chi connectivity index (χ0) is 17.4. The summed E-state index contributed by atoms with van der Waals surface area (Å²) in [5.74, 6) is 0. The van der Waals surface area contributed by atoms with Crippen molar-refractivity contribution in [2.45, 2.75) is 22.4 Å². The molecule has 6 heteroatoms. The number of benzene rings is 2. The van der Waals surface area contributed by atoms with Crippen molar-refractivity contribution in [1.29, 1.82) is 0 Å². The van der Waals surface area contributed by atoms with Crippen LogP contribution in [0.2, 0.25) is 0 Å². The van der Waals surface area contributed by atoms with Gasteiger partial charge in [0.2, 0.25) is 0 Å². The van der Waals surface area contributed by atoms with Gasteiger partial charge in [0.15, 0.2) is 12.6 Å². The van der Waals surface area contributed by atoms with Crippen LogP contribution in [-0.2, 0) is 18.9 Å². The van der Waals surface area contributed by atoms with Gasteiger partial charge < -0.3 is 18.9 Å². The highest BCUT2D eigenvalue weighted by Gasteiger charge is 2.17. The summed E-state index contributed by atoms with van der Waals surface area (Å²) in [6.45, 7) is 0. The van der Waals surface area contributed by atoms with Crippen molar-refractivity contribution in [3.63, 3.8) is 0 Å². The SMILES string of the molecule is COC(OC)c1ccccc1SSc1ccccc1C(OC)OC. The highest BCUT2D eigenvalue weighted by Crippen LogP contribution is 2.43. The lowest BCUT2D eigenvalue weighted by atomic mass is 10.2. The first kappa shape index (κ1) is 19.3. The molecule has 0 N–H and O–H groups in total. The van der Waals surface area contributed by atoms with Crippen molar-refractivity contribution in [3.05, 3.63) is 59.7 Å². The third-order valence-electron chi connectivity index (χ3n) is 3.42. The van der Waals surface area contributed by atoms with Gasteiger partial charge in [-0.05, 0) is 12.1 Å². The van der Waals surface area contributed by atoms with E-state index in [1.54, 1.807) is 50.0 Å². The number of hydrogen-bond acceptors (Lipinski definition) is 6. The number of rotatable bonds is 9. The van der Waals surface area contributed by atoms with E-state index in [4.69, 9.17) is 18.9 Å². The van der Waals surface area contributed by atoms with E-state index in [1.165, 1.54) is 0 Å². The average Bonchev–Trinajstić information content (AvgIpc) is 2.64. The first-order chi connectivity index (χ1) is 11.7. The van der Waals surface area contributed by atoms with Crippen molar-refractivity contribution in [2.24, 2.45) is 0 Å². The van der Waals surface area contributed by atoms with Crippen LogP contribution >= 0.6 is 21.6 Å². The molecule has 0 heterocycles. The van der Waals surface area contributed by atoms with Gasteiger partial charge in [0.25, 0.3) is 0 Å². The van der Waals surface area contributed by atoms with Crippen molar-refractivity contribution in [3.8, 4) is 0 Å². The van der Waals surface area contributed by atoms with E-state index < -0.39 is 0 Å². The lowest BCUT2D eigenvalue weighted by molar-refractivity contribution is -0.107. The topological polar surface area (TPSA) is 36.9 Å². The van der Waals surface area contributed by atoms with Gasteiger partial charge in [-0.25, -0.2) is 0 Å². The molecule has 0 aliphatic carbocycles. The summed E-state index contributed by atoms with van der Waals surface area (Å²) in [4.78, 5) is 2.19. The molecule has 0 radical (unpaired) electrons. The van der Waals surface area contributed by atoms with Gasteiger partial charge in [0, 0.05) is 49.4 Å². The van der Waals surface area contributed by atoms with E-state index in [9.17, 15) is 0 Å². The van der Waals surface area contributed by atoms with Crippen LogP contribution in [0.1, 0.15) is 23.7 Å². The van der Waals surface area contributed by atoms with Crippen LogP contribution in [0.3, 0.4) is 0 Å². The maximum Gasteiger partial charge on any atom is 0.184 e. The molecule has 0 spiro atoms. The molecule has 0 fully saturated rings. The lowest BCUT2D eigenvalue weighted by Gasteiger charge is -2.19. The fraction of sp³-hybridized carbons (Fsp3) is 0.333. The summed E-state index contributed by atoms with van der Waals surface area (Å²) in [6.07, 6.45) is -0.759. The zero-order valence-corrected chi connectivity index (χ0v) is 15.9. The van der Waals surface area contributed by atoms with Crippen molar-refractivity contribution >= 4 is 21.6 Å². The second kappa shape index (κ2) is 10.1. The third kappa shape index (κ3) is 4.75. The van der Waals surface area contributed by atoms with E-state index in [0.29, 0.717) is 0 Å². The first-order valence-corrected chi connectivity index (χ1v) is 9.53. The summed E-state index contributed by atoms with van der Waals surface area (Å²) in [6, 6.07) is 16.1. The summed E-state index contributed by atoms with van der Waals surface area (Å²) in [7, 11) is 9.87. The van der Waals surface area contributed by atoms with Gasteiger partial charge in [0.05, 0.1) is 0 Å². The molecule has 0 aliphatic heterocycles. The summed E-state index contributed by atoms with van der Waals surface area (Å²) >= 11 is 0. The Balaban J connectivity index is 2.21. The number of ether oxygens (including phenoxy) is 4. The van der Waals surface area contributed by atoms with E-state index in [2.05, 4.69) is 12.1 Å². The van der Waals surface area contributed by atoms with Gasteiger partial charge >= 0.3 is 0 Å². The monoisotopic (exact) mass is 366 g/mol. The molecule has 0 amide bonds. The first-order valence-electron chi connectivity index (χ1n) is 7.38. The maximum absolute atomic E-state index is 5.39. The van der Waals surface area contributed by atoms with E-state index >= 15 is 0 Å². The number of methoxy groups -OCH3 is 4. The predicted molar refractivity (Wildman–Crippen MR) is 98.1 cm³/mol. The fourth-order valence-electron chi connectivity index (χ4n) is 2.29. The molecular weight excluding hydrogens is 344 g/mol. The smallest absolute Gasteiger partial charge is 0.184 e. The van der Waals surface area contributed by atoms with Crippen molar-refractivity contribution in [2.75, 3.05) is 28.4 Å². The Morgan fingerprint density at radius 1 is 0.583 bits per heavy atom. The molecule has 24 heavy (non-hydrogen) atoms. The molecule has 4 nitrogen and oxygen atoms in total. The second-order valence-electron chi connectivity index (χ2n) is 4.85. The van der Waals surface area contributed by atoms with Crippen LogP contribution in [0.5, 0.6) is 0 Å². The number of hydrogen-bond donors (Lipinski definition) is 0. The molecule has 0 bridgehead atoms. The van der Waals surface area contributed by atoms with Gasteiger partial charge in [-0.1, -0.05) is 58.0 Å². The highest BCUT2D eigenvalue weighted by atomic mass is 33.1. The molecule has 0 saturated heterocycles. The zero-order valence-electron chi connectivity index (χ0n) is 14.2. The molecule has 2 rings (SSSR count). The molecule has 0 unspecified atom stereocenters. The molecule has 0 atom stereocenters. The Labute approximate surface area is 151 Å². The fourth-order valence-corrected chi connectivity index (χ4v) is 4.71. The van der Waals surface area contributed by atoms with E-state index in [1.807, 2.05) is 36.4 Å². The molecule has 2 aromatic rings. The van der Waals surface area contributed by atoms with Crippen LogP contribution in [0, 0.1) is 0 Å². The molecule has 0 aliphatic rings. The minimum absolute atomic E-state index is 0.379. The van der Waals surface area contributed by atoms with Gasteiger partial charge in [-0.3, -0.25) is 0 Å². The van der Waals surface area contributed by atoms with Crippen molar-refractivity contribution < 1.29 is 18.9 Å². The largest absolute Gasteiger partial charge is 0.352 e. The maximum atomic E-state index is 5.39. The van der Waals surface area contributed by atoms with Gasteiger partial charge in [-0.15, -0.1) is 0 Å². The van der Waals surface area contributed by atoms with Crippen LogP contribution < -0.4 is 0 Å². The quantitative estimate of drug-likeness (QED) is 0.456. The third-order valence-corrected chi connectivity index (χ3v) is 5.94. The summed E-state index contributed by atoms with van der Waals surface area (Å²) in [5, 5.41) is 0. The van der Waals surface area contributed by atoms with Gasteiger partial charge in [0.1, 0.15) is 0 Å². The Morgan fingerprint density at radius 2 is 0.917 bits per heavy atom. The van der Waals surface area contributed by atoms with Crippen LogP contribution in [-0.4, -0.2) is 28.4 Å². The summed E-state index contributed by atoms with van der Waals surface area (Å²) < 4.78 is 21.6. The Morgan fingerprint density at radius 3 is 1.25 bits per heavy atom. The van der Waals surface area contributed by atoms with Crippen LogP contribution in [0.4, 0.5) is 0 Å². The van der Waals surface area contributed by atoms with E-state index in [-0.39, 0.29) is 12.6 Å². The molecule has 0 aromatic heterocycles. The standard InChI is InChI=1S/C18H22O4S2/c1-19-17(20-2)13-9-5-7-11-15(13)23-24-16-12-8-6-10-14(16)18(21-3)22-4/h5-12,17-18H,1-4H3. The molecule has 2 aromatic carbocycles. The van der Waals surface area contributed by atoms with Crippen LogP contribution in [0.25, 0.3) is 0 Å². The highest BCUT2D eigenvalue weighted by molar-refractivity contribution is 8.76. The van der Waals surface area contributed by atoms with Crippen molar-refractivity contribution in [1.82, 2.24) is 0 Å². The summed E-state index contributed by atoms with van der Waals surface area (Å²) in [5.41, 5.74) is 2.01. The Hall–Kier alpha value is -1.02. The average molecular weight is 367 g/mol. The predicted octanol–water partition coefficient (Wildman–Crippen LogP) is 5.07. The normalized spacial score (nSPS) is 11.4. The minimum Gasteiger partial charge on any atom is -0.352 e. The molecule has 0 saturated carbocycles. The van der Waals surface area contributed by atoms with Gasteiger partial charge in [-0.2, -0.15) is 0 Å². The molecule has 130 valence electrons.